The summed E-state index contributed by atoms with van der Waals surface area (Å²) in [5.74, 6) is 0. The van der Waals surface area contributed by atoms with Crippen LogP contribution in [0.2, 0.25) is 0 Å². The highest BCUT2D eigenvalue weighted by molar-refractivity contribution is 5.43. The monoisotopic (exact) mass is 161 g/mol. The summed E-state index contributed by atoms with van der Waals surface area (Å²) in [5, 5.41) is 0. The summed E-state index contributed by atoms with van der Waals surface area (Å²) in [6.45, 7) is 4.37. The minimum absolute atomic E-state index is 0.291. The van der Waals surface area contributed by atoms with Crippen molar-refractivity contribution in [1.29, 1.82) is 0 Å². The zero-order valence-electron chi connectivity index (χ0n) is 7.72. The maximum Gasteiger partial charge on any atom is 0.0300 e. The zero-order chi connectivity index (χ0) is 8.72. The lowest BCUT2D eigenvalue weighted by molar-refractivity contribution is 0.713. The van der Waals surface area contributed by atoms with Gasteiger partial charge in [-0.2, -0.15) is 0 Å². The fourth-order valence-electron chi connectivity index (χ4n) is 2.03. The standard InChI is InChI=1S/C11H15N/c1-7-3-4-10-9(8(7)2)5-6-11(10)12/h3-4,11H,5-6,12H2,1-2H3/t11-/m1/s1. The van der Waals surface area contributed by atoms with Crippen molar-refractivity contribution >= 4 is 0 Å². The maximum absolute atomic E-state index is 5.97. The van der Waals surface area contributed by atoms with Gasteiger partial charge in [-0.15, -0.1) is 0 Å². The Labute approximate surface area is 73.6 Å². The highest BCUT2D eigenvalue weighted by atomic mass is 14.6. The molecule has 1 nitrogen and oxygen atoms in total. The zero-order valence-corrected chi connectivity index (χ0v) is 7.72. The number of aryl methyl sites for hydroxylation is 1. The Balaban J connectivity index is 2.60. The Hall–Kier alpha value is -0.820. The Morgan fingerprint density at radius 1 is 1.33 bits per heavy atom. The second-order valence-corrected chi connectivity index (χ2v) is 3.72. The van der Waals surface area contributed by atoms with Gasteiger partial charge < -0.3 is 5.73 Å². The molecule has 0 saturated carbocycles. The van der Waals surface area contributed by atoms with Crippen LogP contribution in [0.1, 0.15) is 34.7 Å². The summed E-state index contributed by atoms with van der Waals surface area (Å²) in [4.78, 5) is 0. The molecular formula is C11H15N. The van der Waals surface area contributed by atoms with Crippen molar-refractivity contribution in [2.75, 3.05) is 0 Å². The van der Waals surface area contributed by atoms with Gasteiger partial charge in [-0.1, -0.05) is 12.1 Å². The molecule has 0 unspecified atom stereocenters. The molecule has 0 heterocycles. The van der Waals surface area contributed by atoms with E-state index in [1.165, 1.54) is 28.7 Å². The molecule has 64 valence electrons. The second kappa shape index (κ2) is 2.60. The molecule has 1 aromatic rings. The molecule has 0 amide bonds. The topological polar surface area (TPSA) is 26.0 Å². The summed E-state index contributed by atoms with van der Waals surface area (Å²) >= 11 is 0. The van der Waals surface area contributed by atoms with Crippen LogP contribution in [0.15, 0.2) is 12.1 Å². The third-order valence-electron chi connectivity index (χ3n) is 3.01. The van der Waals surface area contributed by atoms with Gasteiger partial charge in [0.05, 0.1) is 0 Å². The number of nitrogens with two attached hydrogens (primary N) is 1. The Morgan fingerprint density at radius 2 is 2.08 bits per heavy atom. The van der Waals surface area contributed by atoms with E-state index >= 15 is 0 Å². The molecule has 0 radical (unpaired) electrons. The molecule has 1 aliphatic carbocycles. The van der Waals surface area contributed by atoms with E-state index in [1.54, 1.807) is 0 Å². The van der Waals surface area contributed by atoms with Gasteiger partial charge in [-0.05, 0) is 48.9 Å². The summed E-state index contributed by atoms with van der Waals surface area (Å²) in [5.41, 5.74) is 11.7. The largest absolute Gasteiger partial charge is 0.324 e. The molecule has 1 atom stereocenters. The summed E-state index contributed by atoms with van der Waals surface area (Å²) in [6, 6.07) is 4.66. The van der Waals surface area contributed by atoms with Crippen LogP contribution in [0.3, 0.4) is 0 Å². The predicted molar refractivity (Wildman–Crippen MR) is 51.2 cm³/mol. The number of hydrogen-bond donors (Lipinski definition) is 1. The second-order valence-electron chi connectivity index (χ2n) is 3.72. The Morgan fingerprint density at radius 3 is 2.83 bits per heavy atom. The number of rotatable bonds is 0. The lowest BCUT2D eigenvalue weighted by atomic mass is 9.99. The van der Waals surface area contributed by atoms with Gasteiger partial charge in [0.2, 0.25) is 0 Å². The van der Waals surface area contributed by atoms with E-state index in [0.29, 0.717) is 6.04 Å². The first-order valence-electron chi connectivity index (χ1n) is 4.54. The molecule has 0 aliphatic heterocycles. The van der Waals surface area contributed by atoms with Gasteiger partial charge in [-0.3, -0.25) is 0 Å². The number of fused-ring (bicyclic) bond motifs is 1. The number of hydrogen-bond acceptors (Lipinski definition) is 1. The predicted octanol–water partition coefficient (Wildman–Crippen LogP) is 2.25. The fourth-order valence-corrected chi connectivity index (χ4v) is 2.03. The van der Waals surface area contributed by atoms with E-state index in [2.05, 4.69) is 26.0 Å². The summed E-state index contributed by atoms with van der Waals surface area (Å²) in [6.07, 6.45) is 2.30. The van der Waals surface area contributed by atoms with Crippen LogP contribution in [0.4, 0.5) is 0 Å². The Kier molecular flexibility index (Phi) is 1.69. The van der Waals surface area contributed by atoms with E-state index in [4.69, 9.17) is 5.73 Å². The summed E-state index contributed by atoms with van der Waals surface area (Å²) in [7, 11) is 0. The van der Waals surface area contributed by atoms with Crippen molar-refractivity contribution in [3.63, 3.8) is 0 Å². The van der Waals surface area contributed by atoms with Crippen LogP contribution < -0.4 is 5.73 Å². The Bertz CT molecular complexity index is 315. The minimum atomic E-state index is 0.291. The van der Waals surface area contributed by atoms with Crippen LogP contribution in [0.25, 0.3) is 0 Å². The smallest absolute Gasteiger partial charge is 0.0300 e. The van der Waals surface area contributed by atoms with Gasteiger partial charge in [0.25, 0.3) is 0 Å². The van der Waals surface area contributed by atoms with Crippen LogP contribution in [0.5, 0.6) is 0 Å². The van der Waals surface area contributed by atoms with E-state index in [9.17, 15) is 0 Å². The first-order valence-corrected chi connectivity index (χ1v) is 4.54. The lowest BCUT2D eigenvalue weighted by Gasteiger charge is -2.08. The van der Waals surface area contributed by atoms with E-state index in [-0.39, 0.29) is 0 Å². The molecule has 2 N–H and O–H groups in total. The van der Waals surface area contributed by atoms with Gasteiger partial charge in [0.15, 0.2) is 0 Å². The first-order chi connectivity index (χ1) is 5.70. The quantitative estimate of drug-likeness (QED) is 0.620. The van der Waals surface area contributed by atoms with E-state index < -0.39 is 0 Å². The molecular weight excluding hydrogens is 146 g/mol. The lowest BCUT2D eigenvalue weighted by Crippen LogP contribution is -2.05. The molecule has 1 aromatic carbocycles. The molecule has 1 heteroatoms. The van der Waals surface area contributed by atoms with E-state index in [0.717, 1.165) is 6.42 Å². The van der Waals surface area contributed by atoms with Crippen LogP contribution in [-0.4, -0.2) is 0 Å². The van der Waals surface area contributed by atoms with Crippen LogP contribution >= 0.6 is 0 Å². The minimum Gasteiger partial charge on any atom is -0.324 e. The highest BCUT2D eigenvalue weighted by Crippen LogP contribution is 2.32. The van der Waals surface area contributed by atoms with Gasteiger partial charge in [-0.25, -0.2) is 0 Å². The van der Waals surface area contributed by atoms with E-state index in [1.807, 2.05) is 0 Å². The normalized spacial score (nSPS) is 21.1. The van der Waals surface area contributed by atoms with Crippen molar-refractivity contribution in [2.24, 2.45) is 5.73 Å². The number of benzene rings is 1. The average molecular weight is 161 g/mol. The molecule has 1 aliphatic rings. The molecule has 0 bridgehead atoms. The molecule has 0 fully saturated rings. The van der Waals surface area contributed by atoms with Crippen molar-refractivity contribution in [3.05, 3.63) is 34.4 Å². The molecule has 2 rings (SSSR count). The SMILES string of the molecule is Cc1ccc2c(c1C)CC[C@H]2N. The van der Waals surface area contributed by atoms with Gasteiger partial charge >= 0.3 is 0 Å². The van der Waals surface area contributed by atoms with Crippen molar-refractivity contribution in [2.45, 2.75) is 32.7 Å². The first kappa shape index (κ1) is 7.81. The fraction of sp³-hybridized carbons (Fsp3) is 0.455. The van der Waals surface area contributed by atoms with Crippen molar-refractivity contribution < 1.29 is 0 Å². The van der Waals surface area contributed by atoms with Gasteiger partial charge in [0.1, 0.15) is 0 Å². The van der Waals surface area contributed by atoms with Crippen LogP contribution in [0, 0.1) is 13.8 Å². The van der Waals surface area contributed by atoms with Crippen molar-refractivity contribution in [1.82, 2.24) is 0 Å². The summed E-state index contributed by atoms with van der Waals surface area (Å²) < 4.78 is 0. The van der Waals surface area contributed by atoms with Crippen molar-refractivity contribution in [3.8, 4) is 0 Å². The van der Waals surface area contributed by atoms with Gasteiger partial charge in [0, 0.05) is 6.04 Å². The third kappa shape index (κ3) is 0.969. The molecule has 12 heavy (non-hydrogen) atoms. The molecule has 0 aromatic heterocycles. The highest BCUT2D eigenvalue weighted by Gasteiger charge is 2.20. The maximum atomic E-state index is 5.97. The van der Waals surface area contributed by atoms with Crippen LogP contribution in [-0.2, 0) is 6.42 Å². The molecule has 0 saturated heterocycles. The third-order valence-corrected chi connectivity index (χ3v) is 3.01. The molecule has 0 spiro atoms. The average Bonchev–Trinajstić information content (AvgIpc) is 2.41.